The number of thiazole rings is 1. The number of rotatable bonds is 3. The van der Waals surface area contributed by atoms with E-state index in [0.29, 0.717) is 15.7 Å². The third-order valence-electron chi connectivity index (χ3n) is 2.73. The molecule has 0 fully saturated rings. The van der Waals surface area contributed by atoms with Crippen LogP contribution < -0.4 is 11.1 Å². The number of benzene rings is 1. The van der Waals surface area contributed by atoms with Crippen molar-refractivity contribution in [2.75, 3.05) is 11.1 Å². The summed E-state index contributed by atoms with van der Waals surface area (Å²) in [6.07, 6.45) is 0. The van der Waals surface area contributed by atoms with E-state index in [9.17, 15) is 4.79 Å². The van der Waals surface area contributed by atoms with Gasteiger partial charge >= 0.3 is 0 Å². The molecule has 0 unspecified atom stereocenters. The van der Waals surface area contributed by atoms with Gasteiger partial charge in [-0.25, -0.2) is 4.98 Å². The van der Waals surface area contributed by atoms with Crippen LogP contribution >= 0.6 is 38.6 Å². The maximum Gasteiger partial charge on any atom is 0.268 e. The number of carbonyl (C=O) groups excluding carboxylic acids is 1. The van der Waals surface area contributed by atoms with Gasteiger partial charge in [-0.2, -0.15) is 0 Å². The number of nitrogen functional groups attached to an aromatic ring is 1. The van der Waals surface area contributed by atoms with Crippen LogP contribution in [0.1, 0.15) is 9.67 Å². The van der Waals surface area contributed by atoms with Crippen molar-refractivity contribution in [1.82, 2.24) is 4.98 Å². The quantitative estimate of drug-likeness (QED) is 0.659. The summed E-state index contributed by atoms with van der Waals surface area (Å²) in [4.78, 5) is 17.2. The second-order valence-corrected chi connectivity index (χ2v) is 6.84. The summed E-state index contributed by atoms with van der Waals surface area (Å²) in [5.41, 5.74) is 8.19. The van der Waals surface area contributed by atoms with E-state index in [1.165, 1.54) is 22.7 Å². The Kier molecular flexibility index (Phi) is 4.05. The van der Waals surface area contributed by atoms with Crippen molar-refractivity contribution in [1.29, 1.82) is 0 Å². The smallest absolute Gasteiger partial charge is 0.268 e. The molecule has 1 aromatic carbocycles. The molecule has 1 amide bonds. The molecule has 0 atom stereocenters. The highest BCUT2D eigenvalue weighted by molar-refractivity contribution is 9.10. The second kappa shape index (κ2) is 5.97. The van der Waals surface area contributed by atoms with Gasteiger partial charge in [0.2, 0.25) is 0 Å². The van der Waals surface area contributed by atoms with Crippen LogP contribution in [0, 0.1) is 0 Å². The Morgan fingerprint density at radius 2 is 2.14 bits per heavy atom. The zero-order chi connectivity index (χ0) is 14.8. The number of nitrogens with two attached hydrogens (primary N) is 1. The number of hydrogen-bond acceptors (Lipinski definition) is 5. The lowest BCUT2D eigenvalue weighted by molar-refractivity contribution is 0.103. The first-order chi connectivity index (χ1) is 10.1. The first kappa shape index (κ1) is 14.2. The Bertz CT molecular complexity index is 797. The van der Waals surface area contributed by atoms with Gasteiger partial charge in [0.1, 0.15) is 4.88 Å². The van der Waals surface area contributed by atoms with E-state index in [1.54, 1.807) is 0 Å². The Morgan fingerprint density at radius 3 is 2.86 bits per heavy atom. The molecule has 7 heteroatoms. The minimum atomic E-state index is -0.162. The van der Waals surface area contributed by atoms with Crippen LogP contribution in [0.15, 0.2) is 45.6 Å². The van der Waals surface area contributed by atoms with Gasteiger partial charge in [0, 0.05) is 21.1 Å². The van der Waals surface area contributed by atoms with Crippen LogP contribution in [0.5, 0.6) is 0 Å². The van der Waals surface area contributed by atoms with Crippen LogP contribution in [0.2, 0.25) is 0 Å². The van der Waals surface area contributed by atoms with E-state index in [4.69, 9.17) is 5.73 Å². The molecule has 2 heterocycles. The maximum atomic E-state index is 12.1. The summed E-state index contributed by atoms with van der Waals surface area (Å²) >= 11 is 6.12. The lowest BCUT2D eigenvalue weighted by Crippen LogP contribution is -2.10. The Labute approximate surface area is 137 Å². The number of nitrogens with one attached hydrogen (secondary N) is 1. The lowest BCUT2D eigenvalue weighted by atomic mass is 10.1. The molecule has 0 aliphatic carbocycles. The number of amides is 1. The third-order valence-corrected chi connectivity index (χ3v) is 5.32. The van der Waals surface area contributed by atoms with Crippen LogP contribution in [0.25, 0.3) is 11.3 Å². The minimum absolute atomic E-state index is 0.162. The maximum absolute atomic E-state index is 12.1. The second-order valence-electron chi connectivity index (χ2n) is 4.22. The van der Waals surface area contributed by atoms with Gasteiger partial charge < -0.3 is 5.73 Å². The predicted octanol–water partition coefficient (Wildman–Crippen LogP) is 4.47. The summed E-state index contributed by atoms with van der Waals surface area (Å²) in [6, 6.07) is 9.35. The highest BCUT2D eigenvalue weighted by Crippen LogP contribution is 2.28. The van der Waals surface area contributed by atoms with Crippen molar-refractivity contribution in [3.63, 3.8) is 0 Å². The number of carbonyl (C=O) groups is 1. The molecule has 0 aliphatic heterocycles. The fraction of sp³-hybridized carbons (Fsp3) is 0. The zero-order valence-corrected chi connectivity index (χ0v) is 13.9. The topological polar surface area (TPSA) is 68.0 Å². The summed E-state index contributed by atoms with van der Waals surface area (Å²) in [5, 5.41) is 7.13. The van der Waals surface area contributed by atoms with Crippen LogP contribution in [-0.4, -0.2) is 10.9 Å². The minimum Gasteiger partial charge on any atom is -0.399 e. The van der Waals surface area contributed by atoms with Gasteiger partial charge in [-0.3, -0.25) is 10.1 Å². The van der Waals surface area contributed by atoms with Crippen molar-refractivity contribution < 1.29 is 4.79 Å². The van der Waals surface area contributed by atoms with Crippen molar-refractivity contribution >= 4 is 55.3 Å². The molecule has 106 valence electrons. The Morgan fingerprint density at radius 1 is 1.29 bits per heavy atom. The zero-order valence-electron chi connectivity index (χ0n) is 10.7. The molecule has 2 aromatic heterocycles. The Balaban J connectivity index is 1.80. The molecular weight excluding hydrogens is 370 g/mol. The number of halogens is 1. The fourth-order valence-corrected chi connectivity index (χ4v) is 3.93. The van der Waals surface area contributed by atoms with Crippen molar-refractivity contribution in [2.45, 2.75) is 0 Å². The molecule has 0 saturated heterocycles. The van der Waals surface area contributed by atoms with Gasteiger partial charge in [-0.1, -0.05) is 12.1 Å². The van der Waals surface area contributed by atoms with E-state index >= 15 is 0 Å². The standard InChI is InChI=1S/C14H10BrN3OS2/c15-10-4-5-20-12(10)13(19)18-14-17-11(7-21-14)8-2-1-3-9(16)6-8/h1-7H,16H2,(H,17,18,19). The molecule has 21 heavy (non-hydrogen) atoms. The monoisotopic (exact) mass is 379 g/mol. The number of hydrogen-bond donors (Lipinski definition) is 2. The van der Waals surface area contributed by atoms with E-state index in [1.807, 2.05) is 41.1 Å². The van der Waals surface area contributed by atoms with E-state index in [-0.39, 0.29) is 5.91 Å². The number of aromatic nitrogens is 1. The first-order valence-electron chi connectivity index (χ1n) is 5.99. The molecule has 0 saturated carbocycles. The SMILES string of the molecule is Nc1cccc(-c2csc(NC(=O)c3sccc3Br)n2)c1. The van der Waals surface area contributed by atoms with E-state index < -0.39 is 0 Å². The first-order valence-corrected chi connectivity index (χ1v) is 8.54. The van der Waals surface area contributed by atoms with Crippen LogP contribution in [-0.2, 0) is 0 Å². The molecule has 3 rings (SSSR count). The average Bonchev–Trinajstić information content (AvgIpc) is 3.08. The molecule has 0 bridgehead atoms. The molecule has 3 aromatic rings. The number of anilines is 2. The van der Waals surface area contributed by atoms with E-state index in [0.717, 1.165) is 15.7 Å². The van der Waals surface area contributed by atoms with Gasteiger partial charge in [-0.15, -0.1) is 22.7 Å². The third kappa shape index (κ3) is 3.15. The molecule has 0 radical (unpaired) electrons. The van der Waals surface area contributed by atoms with Gasteiger partial charge in [0.15, 0.2) is 5.13 Å². The fourth-order valence-electron chi connectivity index (χ4n) is 1.77. The van der Waals surface area contributed by atoms with Crippen molar-refractivity contribution in [3.05, 3.63) is 50.4 Å². The summed E-state index contributed by atoms with van der Waals surface area (Å²) in [6.45, 7) is 0. The normalized spacial score (nSPS) is 10.5. The lowest BCUT2D eigenvalue weighted by Gasteiger charge is -2.00. The molecule has 0 aliphatic rings. The highest BCUT2D eigenvalue weighted by Gasteiger charge is 2.14. The predicted molar refractivity (Wildman–Crippen MR) is 91.9 cm³/mol. The molecular formula is C14H10BrN3OS2. The average molecular weight is 380 g/mol. The summed E-state index contributed by atoms with van der Waals surface area (Å²) in [5.74, 6) is -0.162. The Hall–Kier alpha value is -1.70. The largest absolute Gasteiger partial charge is 0.399 e. The van der Waals surface area contributed by atoms with Crippen molar-refractivity contribution in [3.8, 4) is 11.3 Å². The van der Waals surface area contributed by atoms with Gasteiger partial charge in [0.05, 0.1) is 5.69 Å². The van der Waals surface area contributed by atoms with Crippen molar-refractivity contribution in [2.24, 2.45) is 0 Å². The van der Waals surface area contributed by atoms with E-state index in [2.05, 4.69) is 26.2 Å². The summed E-state index contributed by atoms with van der Waals surface area (Å²) < 4.78 is 0.789. The molecule has 4 nitrogen and oxygen atoms in total. The molecule has 0 spiro atoms. The summed E-state index contributed by atoms with van der Waals surface area (Å²) in [7, 11) is 0. The number of nitrogens with zero attached hydrogens (tertiary/aromatic N) is 1. The van der Waals surface area contributed by atoms with Crippen LogP contribution in [0.4, 0.5) is 10.8 Å². The van der Waals surface area contributed by atoms with Gasteiger partial charge in [-0.05, 0) is 39.5 Å². The highest BCUT2D eigenvalue weighted by atomic mass is 79.9. The number of thiophene rings is 1. The van der Waals surface area contributed by atoms with Crippen LogP contribution in [0.3, 0.4) is 0 Å². The van der Waals surface area contributed by atoms with Gasteiger partial charge in [0.25, 0.3) is 5.91 Å². The molecule has 3 N–H and O–H groups in total.